The molecule has 1 aromatic rings. The first kappa shape index (κ1) is 16.8. The van der Waals surface area contributed by atoms with Crippen LogP contribution in [-0.4, -0.2) is 38.3 Å². The maximum atomic E-state index is 12.0. The molecule has 0 bridgehead atoms. The molecule has 0 spiro atoms. The predicted octanol–water partition coefficient (Wildman–Crippen LogP) is 2.80. The highest BCUT2D eigenvalue weighted by Gasteiger charge is 2.12. The molecule has 1 unspecified atom stereocenters. The lowest BCUT2D eigenvalue weighted by molar-refractivity contribution is 0.0143. The van der Waals surface area contributed by atoms with E-state index in [9.17, 15) is 8.78 Å². The standard InChI is InChI=1S/C14H22F2N2O2/c1-3-5-18-13(4-6-20-10-14(15)16)11-7-12(19-2)9-17-8-11/h7-9,13-14,18H,3-6,10H2,1-2H3. The number of aromatic nitrogens is 1. The topological polar surface area (TPSA) is 43.4 Å². The summed E-state index contributed by atoms with van der Waals surface area (Å²) in [5.74, 6) is 0.680. The predicted molar refractivity (Wildman–Crippen MR) is 73.3 cm³/mol. The first-order chi connectivity index (χ1) is 9.67. The maximum absolute atomic E-state index is 12.0. The van der Waals surface area contributed by atoms with Gasteiger partial charge >= 0.3 is 0 Å². The van der Waals surface area contributed by atoms with Crippen molar-refractivity contribution < 1.29 is 18.3 Å². The summed E-state index contributed by atoms with van der Waals surface area (Å²) in [5, 5.41) is 3.36. The highest BCUT2D eigenvalue weighted by molar-refractivity contribution is 5.25. The number of nitrogens with one attached hydrogen (secondary N) is 1. The Labute approximate surface area is 118 Å². The van der Waals surface area contributed by atoms with Gasteiger partial charge in [0.1, 0.15) is 12.4 Å². The van der Waals surface area contributed by atoms with Gasteiger partial charge in [-0.25, -0.2) is 8.78 Å². The van der Waals surface area contributed by atoms with Crippen LogP contribution in [0.1, 0.15) is 31.4 Å². The second-order valence-electron chi connectivity index (χ2n) is 4.42. The van der Waals surface area contributed by atoms with Crippen molar-refractivity contribution in [3.05, 3.63) is 24.0 Å². The van der Waals surface area contributed by atoms with Gasteiger partial charge in [0, 0.05) is 18.8 Å². The fraction of sp³-hybridized carbons (Fsp3) is 0.643. The molecule has 1 rings (SSSR count). The fourth-order valence-electron chi connectivity index (χ4n) is 1.82. The van der Waals surface area contributed by atoms with Crippen LogP contribution in [0.5, 0.6) is 5.75 Å². The molecule has 0 aromatic carbocycles. The van der Waals surface area contributed by atoms with Crippen LogP contribution >= 0.6 is 0 Å². The molecule has 1 heterocycles. The second-order valence-corrected chi connectivity index (χ2v) is 4.42. The molecule has 114 valence electrons. The van der Waals surface area contributed by atoms with Crippen molar-refractivity contribution in [2.24, 2.45) is 0 Å². The van der Waals surface area contributed by atoms with Crippen molar-refractivity contribution in [3.8, 4) is 5.75 Å². The molecule has 1 aromatic heterocycles. The van der Waals surface area contributed by atoms with Gasteiger partial charge < -0.3 is 14.8 Å². The quantitative estimate of drug-likeness (QED) is 0.672. The Morgan fingerprint density at radius 1 is 1.35 bits per heavy atom. The van der Waals surface area contributed by atoms with Crippen LogP contribution in [0.4, 0.5) is 8.78 Å². The van der Waals surface area contributed by atoms with Crippen molar-refractivity contribution in [2.45, 2.75) is 32.2 Å². The molecule has 6 heteroatoms. The van der Waals surface area contributed by atoms with E-state index in [0.29, 0.717) is 12.2 Å². The van der Waals surface area contributed by atoms with Crippen LogP contribution in [0.2, 0.25) is 0 Å². The Kier molecular flexibility index (Phi) is 8.06. The zero-order valence-electron chi connectivity index (χ0n) is 11.9. The van der Waals surface area contributed by atoms with E-state index >= 15 is 0 Å². The summed E-state index contributed by atoms with van der Waals surface area (Å²) in [6.07, 6.45) is 2.57. The molecule has 0 fully saturated rings. The minimum absolute atomic E-state index is 0.0234. The number of methoxy groups -OCH3 is 1. The monoisotopic (exact) mass is 288 g/mol. The van der Waals surface area contributed by atoms with E-state index in [4.69, 9.17) is 9.47 Å². The Balaban J connectivity index is 2.57. The van der Waals surface area contributed by atoms with Crippen LogP contribution in [-0.2, 0) is 4.74 Å². The van der Waals surface area contributed by atoms with Crippen molar-refractivity contribution in [3.63, 3.8) is 0 Å². The van der Waals surface area contributed by atoms with E-state index in [0.717, 1.165) is 18.5 Å². The molecule has 0 aliphatic heterocycles. The van der Waals surface area contributed by atoms with Gasteiger partial charge in [-0.15, -0.1) is 0 Å². The molecule has 1 atom stereocenters. The van der Waals surface area contributed by atoms with Crippen LogP contribution in [0.25, 0.3) is 0 Å². The van der Waals surface area contributed by atoms with E-state index in [-0.39, 0.29) is 12.6 Å². The van der Waals surface area contributed by atoms with Gasteiger partial charge in [-0.1, -0.05) is 6.92 Å². The lowest BCUT2D eigenvalue weighted by Gasteiger charge is -2.19. The highest BCUT2D eigenvalue weighted by atomic mass is 19.3. The fourth-order valence-corrected chi connectivity index (χ4v) is 1.82. The summed E-state index contributed by atoms with van der Waals surface area (Å²) >= 11 is 0. The molecule has 0 aliphatic rings. The van der Waals surface area contributed by atoms with E-state index in [2.05, 4.69) is 17.2 Å². The highest BCUT2D eigenvalue weighted by Crippen LogP contribution is 2.20. The zero-order valence-corrected chi connectivity index (χ0v) is 11.9. The summed E-state index contributed by atoms with van der Waals surface area (Å²) in [6.45, 7) is 2.68. The third-order valence-corrected chi connectivity index (χ3v) is 2.81. The summed E-state index contributed by atoms with van der Waals surface area (Å²) in [5.41, 5.74) is 0.971. The van der Waals surface area contributed by atoms with Gasteiger partial charge in [0.25, 0.3) is 6.43 Å². The van der Waals surface area contributed by atoms with Gasteiger partial charge in [0.15, 0.2) is 0 Å². The van der Waals surface area contributed by atoms with E-state index < -0.39 is 13.0 Å². The number of alkyl halides is 2. The number of rotatable bonds is 10. The van der Waals surface area contributed by atoms with Crippen LogP contribution in [0.3, 0.4) is 0 Å². The Bertz CT molecular complexity index is 378. The summed E-state index contributed by atoms with van der Waals surface area (Å²) in [4.78, 5) is 4.12. The second kappa shape index (κ2) is 9.61. The zero-order chi connectivity index (χ0) is 14.8. The Morgan fingerprint density at radius 2 is 2.15 bits per heavy atom. The average Bonchev–Trinajstić information content (AvgIpc) is 2.46. The average molecular weight is 288 g/mol. The van der Waals surface area contributed by atoms with Gasteiger partial charge in [0.05, 0.1) is 13.3 Å². The van der Waals surface area contributed by atoms with E-state index in [1.54, 1.807) is 19.5 Å². The van der Waals surface area contributed by atoms with Gasteiger partial charge in [-0.2, -0.15) is 0 Å². The Hall–Kier alpha value is -1.27. The number of halogens is 2. The number of hydrogen-bond acceptors (Lipinski definition) is 4. The van der Waals surface area contributed by atoms with Crippen LogP contribution < -0.4 is 10.1 Å². The molecule has 0 amide bonds. The molecule has 0 aliphatic carbocycles. The number of hydrogen-bond donors (Lipinski definition) is 1. The van der Waals surface area contributed by atoms with Gasteiger partial charge in [-0.3, -0.25) is 4.98 Å². The summed E-state index contributed by atoms with van der Waals surface area (Å²) in [7, 11) is 1.58. The minimum Gasteiger partial charge on any atom is -0.495 e. The molecule has 4 nitrogen and oxygen atoms in total. The van der Waals surface area contributed by atoms with E-state index in [1.807, 2.05) is 6.07 Å². The number of ether oxygens (including phenoxy) is 2. The van der Waals surface area contributed by atoms with Crippen molar-refractivity contribution >= 4 is 0 Å². The Morgan fingerprint density at radius 3 is 2.80 bits per heavy atom. The maximum Gasteiger partial charge on any atom is 0.261 e. The third kappa shape index (κ3) is 6.25. The van der Waals surface area contributed by atoms with Crippen LogP contribution in [0, 0.1) is 0 Å². The molecular formula is C14H22F2N2O2. The lowest BCUT2D eigenvalue weighted by Crippen LogP contribution is -2.24. The third-order valence-electron chi connectivity index (χ3n) is 2.81. The first-order valence-electron chi connectivity index (χ1n) is 6.75. The number of nitrogens with zero attached hydrogens (tertiary/aromatic N) is 1. The summed E-state index contributed by atoms with van der Waals surface area (Å²) < 4.78 is 34.1. The largest absolute Gasteiger partial charge is 0.495 e. The van der Waals surface area contributed by atoms with Crippen LogP contribution in [0.15, 0.2) is 18.5 Å². The lowest BCUT2D eigenvalue weighted by atomic mass is 10.1. The van der Waals surface area contributed by atoms with Crippen molar-refractivity contribution in [2.75, 3.05) is 26.9 Å². The molecular weight excluding hydrogens is 266 g/mol. The van der Waals surface area contributed by atoms with Crippen molar-refractivity contribution in [1.82, 2.24) is 10.3 Å². The van der Waals surface area contributed by atoms with E-state index in [1.165, 1.54) is 0 Å². The van der Waals surface area contributed by atoms with Gasteiger partial charge in [0.2, 0.25) is 0 Å². The minimum atomic E-state index is -2.42. The molecule has 20 heavy (non-hydrogen) atoms. The molecule has 0 radical (unpaired) electrons. The van der Waals surface area contributed by atoms with Crippen molar-refractivity contribution in [1.29, 1.82) is 0 Å². The molecule has 0 saturated heterocycles. The SMILES string of the molecule is CCCNC(CCOCC(F)F)c1cncc(OC)c1. The smallest absolute Gasteiger partial charge is 0.261 e. The molecule has 1 N–H and O–H groups in total. The normalized spacial score (nSPS) is 12.7. The summed E-state index contributed by atoms with van der Waals surface area (Å²) in [6, 6.07) is 1.92. The first-order valence-corrected chi connectivity index (χ1v) is 6.75. The number of pyridine rings is 1. The molecule has 0 saturated carbocycles. The van der Waals surface area contributed by atoms with Gasteiger partial charge in [-0.05, 0) is 31.0 Å².